The van der Waals surface area contributed by atoms with Gasteiger partial charge < -0.3 is 0 Å². The van der Waals surface area contributed by atoms with E-state index in [-0.39, 0.29) is 11.6 Å². The molecule has 0 amide bonds. The van der Waals surface area contributed by atoms with Crippen molar-refractivity contribution in [1.82, 2.24) is 0 Å². The predicted octanol–water partition coefficient (Wildman–Crippen LogP) is 3.12. The van der Waals surface area contributed by atoms with Crippen LogP contribution in [0, 0.1) is 5.82 Å². The molecule has 0 aliphatic heterocycles. The van der Waals surface area contributed by atoms with Gasteiger partial charge in [-0.3, -0.25) is 5.11 Å². The fraction of sp³-hybridized carbons (Fsp3) is 0. The summed E-state index contributed by atoms with van der Waals surface area (Å²) < 4.78 is 12.7. The number of fused-ring (bicyclic) bond motifs is 1. The lowest BCUT2D eigenvalue weighted by Gasteiger charge is -1.96. The Morgan fingerprint density at radius 3 is 2.75 bits per heavy atom. The van der Waals surface area contributed by atoms with Gasteiger partial charge in [-0.1, -0.05) is 12.1 Å². The molecule has 1 radical (unpaired) electrons. The summed E-state index contributed by atoms with van der Waals surface area (Å²) in [6, 6.07) is 8.98. The fourth-order valence-corrected chi connectivity index (χ4v) is 1.22. The molecule has 12 heavy (non-hydrogen) atoms. The van der Waals surface area contributed by atoms with Crippen LogP contribution >= 0.6 is 0 Å². The first-order valence-corrected chi connectivity index (χ1v) is 3.63. The van der Waals surface area contributed by atoms with E-state index in [0.717, 1.165) is 0 Å². The Morgan fingerprint density at radius 1 is 1.08 bits per heavy atom. The van der Waals surface area contributed by atoms with Crippen LogP contribution in [0.1, 0.15) is 0 Å². The van der Waals surface area contributed by atoms with Crippen molar-refractivity contribution in [2.45, 2.75) is 0 Å². The van der Waals surface area contributed by atoms with Crippen molar-refractivity contribution < 1.29 is 9.50 Å². The molecule has 0 unspecified atom stereocenters. The molecule has 0 bridgehead atoms. The fourth-order valence-electron chi connectivity index (χ4n) is 1.22. The van der Waals surface area contributed by atoms with Gasteiger partial charge in [-0.05, 0) is 29.7 Å². The molecule has 0 saturated carbocycles. The smallest absolute Gasteiger partial charge is 0.186 e. The minimum absolute atomic E-state index is 0.0625. The Hall–Kier alpha value is -1.57. The maximum absolute atomic E-state index is 12.7. The second-order valence-electron chi connectivity index (χ2n) is 2.62. The number of hydrogen-bond acceptors (Lipinski definition) is 0. The average Bonchev–Trinajstić information content (AvgIpc) is 2.04. The topological polar surface area (TPSA) is 19.9 Å². The molecule has 2 aromatic carbocycles. The molecule has 2 aromatic rings. The zero-order valence-corrected chi connectivity index (χ0v) is 6.25. The van der Waals surface area contributed by atoms with E-state index in [1.165, 1.54) is 24.3 Å². The maximum Gasteiger partial charge on any atom is 0.186 e. The lowest BCUT2D eigenvalue weighted by atomic mass is 10.1. The first kappa shape index (κ1) is 7.10. The van der Waals surface area contributed by atoms with E-state index < -0.39 is 0 Å². The van der Waals surface area contributed by atoms with Crippen molar-refractivity contribution in [2.24, 2.45) is 0 Å². The largest absolute Gasteiger partial charge is 0.289 e. The van der Waals surface area contributed by atoms with Crippen molar-refractivity contribution in [3.05, 3.63) is 42.2 Å². The van der Waals surface area contributed by atoms with Crippen LogP contribution in [-0.2, 0) is 5.11 Å². The van der Waals surface area contributed by atoms with E-state index in [1.807, 2.05) is 0 Å². The predicted molar refractivity (Wildman–Crippen MR) is 44.0 cm³/mol. The Labute approximate surface area is 69.1 Å². The van der Waals surface area contributed by atoms with E-state index >= 15 is 0 Å². The summed E-state index contributed by atoms with van der Waals surface area (Å²) in [7, 11) is 0. The molecule has 0 heterocycles. The van der Waals surface area contributed by atoms with Crippen LogP contribution in [0.4, 0.5) is 4.39 Å². The van der Waals surface area contributed by atoms with Crippen molar-refractivity contribution in [2.75, 3.05) is 0 Å². The summed E-state index contributed by atoms with van der Waals surface area (Å²) in [5.74, 6) is -0.374. The molecule has 2 rings (SSSR count). The Kier molecular flexibility index (Phi) is 1.47. The first-order valence-electron chi connectivity index (χ1n) is 3.63. The van der Waals surface area contributed by atoms with Crippen LogP contribution < -0.4 is 0 Å². The molecule has 2 heteroatoms. The molecule has 0 fully saturated rings. The molecule has 0 atom stereocenters. The minimum atomic E-state index is -0.312. The zero-order valence-electron chi connectivity index (χ0n) is 6.25. The molecule has 0 spiro atoms. The third-order valence-electron chi connectivity index (χ3n) is 1.80. The van der Waals surface area contributed by atoms with E-state index in [1.54, 1.807) is 12.1 Å². The molecule has 59 valence electrons. The van der Waals surface area contributed by atoms with Crippen molar-refractivity contribution in [1.29, 1.82) is 0 Å². The van der Waals surface area contributed by atoms with Crippen LogP contribution in [0.5, 0.6) is 5.75 Å². The Bertz CT molecular complexity index is 423. The highest BCUT2D eigenvalue weighted by atomic mass is 19.1. The second-order valence-corrected chi connectivity index (χ2v) is 2.62. The number of rotatable bonds is 0. The first-order chi connectivity index (χ1) is 5.77. The van der Waals surface area contributed by atoms with Gasteiger partial charge >= 0.3 is 0 Å². The van der Waals surface area contributed by atoms with Crippen molar-refractivity contribution in [3.8, 4) is 5.75 Å². The normalized spacial score (nSPS) is 10.4. The van der Waals surface area contributed by atoms with Gasteiger partial charge in [0.2, 0.25) is 0 Å². The highest BCUT2D eigenvalue weighted by Crippen LogP contribution is 2.24. The molecule has 1 nitrogen and oxygen atoms in total. The Morgan fingerprint density at radius 2 is 1.92 bits per heavy atom. The van der Waals surface area contributed by atoms with Crippen molar-refractivity contribution >= 4 is 10.8 Å². The quantitative estimate of drug-likeness (QED) is 0.565. The summed E-state index contributed by atoms with van der Waals surface area (Å²) in [5.41, 5.74) is 0. The second kappa shape index (κ2) is 2.48. The van der Waals surface area contributed by atoms with Crippen LogP contribution in [0.15, 0.2) is 36.4 Å². The average molecular weight is 161 g/mol. The van der Waals surface area contributed by atoms with Gasteiger partial charge in [0.1, 0.15) is 5.82 Å². The highest BCUT2D eigenvalue weighted by Gasteiger charge is 2.00. The van der Waals surface area contributed by atoms with E-state index in [2.05, 4.69) is 0 Å². The summed E-state index contributed by atoms with van der Waals surface area (Å²) in [6.45, 7) is 0. The molecule has 0 saturated heterocycles. The van der Waals surface area contributed by atoms with Crippen LogP contribution in [0.2, 0.25) is 0 Å². The zero-order chi connectivity index (χ0) is 8.55. The number of benzene rings is 2. The summed E-state index contributed by atoms with van der Waals surface area (Å²) in [4.78, 5) is 0. The van der Waals surface area contributed by atoms with Crippen LogP contribution in [0.25, 0.3) is 10.8 Å². The standard InChI is InChI=1S/C10H6FO/c11-8-4-5-9-7(6-8)2-1-3-10(9)12/h1-6H. The molecule has 0 N–H and O–H groups in total. The monoisotopic (exact) mass is 161 g/mol. The van der Waals surface area contributed by atoms with Gasteiger partial charge in [0, 0.05) is 5.39 Å². The van der Waals surface area contributed by atoms with Gasteiger partial charge in [0.15, 0.2) is 5.75 Å². The Balaban J connectivity index is 2.86. The van der Waals surface area contributed by atoms with Gasteiger partial charge in [0.25, 0.3) is 0 Å². The molecular formula is C10H6FO. The van der Waals surface area contributed by atoms with Crippen LogP contribution in [-0.4, -0.2) is 0 Å². The lowest BCUT2D eigenvalue weighted by Crippen LogP contribution is -1.75. The van der Waals surface area contributed by atoms with Gasteiger partial charge in [-0.25, -0.2) is 4.39 Å². The third kappa shape index (κ3) is 1.01. The maximum atomic E-state index is 12.7. The summed E-state index contributed by atoms with van der Waals surface area (Å²) in [6.07, 6.45) is 0. The lowest BCUT2D eigenvalue weighted by molar-refractivity contribution is 0.360. The minimum Gasteiger partial charge on any atom is -0.289 e. The number of hydrogen-bond donors (Lipinski definition) is 0. The summed E-state index contributed by atoms with van der Waals surface area (Å²) >= 11 is 0. The van der Waals surface area contributed by atoms with E-state index in [4.69, 9.17) is 0 Å². The molecular weight excluding hydrogens is 155 g/mol. The summed E-state index contributed by atoms with van der Waals surface area (Å²) in [5, 5.41) is 12.4. The SMILES string of the molecule is [O]c1cccc2cc(F)ccc12. The van der Waals surface area contributed by atoms with Gasteiger partial charge in [0.05, 0.1) is 0 Å². The molecule has 0 aromatic heterocycles. The van der Waals surface area contributed by atoms with Crippen LogP contribution in [0.3, 0.4) is 0 Å². The molecule has 0 aliphatic carbocycles. The van der Waals surface area contributed by atoms with E-state index in [0.29, 0.717) is 10.8 Å². The van der Waals surface area contributed by atoms with E-state index in [9.17, 15) is 9.50 Å². The van der Waals surface area contributed by atoms with Gasteiger partial charge in [-0.15, -0.1) is 0 Å². The third-order valence-corrected chi connectivity index (χ3v) is 1.80. The highest BCUT2D eigenvalue weighted by molar-refractivity contribution is 5.87. The molecule has 0 aliphatic rings. The number of halogens is 1. The van der Waals surface area contributed by atoms with Crippen molar-refractivity contribution in [3.63, 3.8) is 0 Å². The van der Waals surface area contributed by atoms with Gasteiger partial charge in [-0.2, -0.15) is 0 Å².